The van der Waals surface area contributed by atoms with Crippen LogP contribution in [0.2, 0.25) is 0 Å². The van der Waals surface area contributed by atoms with Gasteiger partial charge in [0.1, 0.15) is 0 Å². The molecule has 0 aliphatic carbocycles. The summed E-state index contributed by atoms with van der Waals surface area (Å²) in [5.74, 6) is 0. The van der Waals surface area contributed by atoms with Crippen molar-refractivity contribution in [2.45, 2.75) is 0 Å². The summed E-state index contributed by atoms with van der Waals surface area (Å²) in [7, 11) is 0. The summed E-state index contributed by atoms with van der Waals surface area (Å²) in [6.45, 7) is 0. The van der Waals surface area contributed by atoms with Crippen LogP contribution in [0.1, 0.15) is 5.48 Å². The topological polar surface area (TPSA) is 0 Å². The van der Waals surface area contributed by atoms with Crippen LogP contribution in [0.5, 0.6) is 0 Å². The van der Waals surface area contributed by atoms with E-state index in [1.165, 1.54) is 15.5 Å². The summed E-state index contributed by atoms with van der Waals surface area (Å²) >= 11 is 1.74. The minimum Gasteiger partial charge on any atom is -0.135 e. The Hall–Kier alpha value is -4.98. The molecule has 8 aromatic carbocycles. The zero-order valence-electron chi connectivity index (χ0n) is 26.0. The van der Waals surface area contributed by atoms with E-state index in [0.29, 0.717) is 16.7 Å². The minimum atomic E-state index is -0.0304. The quantitative estimate of drug-likeness (QED) is 0.151. The second-order valence-corrected chi connectivity index (χ2v) is 11.6. The van der Waals surface area contributed by atoms with Crippen LogP contribution in [0.15, 0.2) is 145 Å². The normalized spacial score (nSPS) is 13.3. The molecule has 0 nitrogen and oxygen atoms in total. The van der Waals surface area contributed by atoms with E-state index in [0.717, 1.165) is 53.4 Å². The van der Waals surface area contributed by atoms with Crippen LogP contribution in [-0.4, -0.2) is 0 Å². The van der Waals surface area contributed by atoms with Crippen molar-refractivity contribution >= 4 is 74.6 Å². The fourth-order valence-corrected chi connectivity index (χ4v) is 7.55. The molecule has 0 spiro atoms. The van der Waals surface area contributed by atoms with Crippen molar-refractivity contribution in [2.75, 3.05) is 0 Å². The Bertz CT molecular complexity index is 2680. The first-order valence-corrected chi connectivity index (χ1v) is 14.6. The first kappa shape index (κ1) is 19.2. The van der Waals surface area contributed by atoms with Crippen LogP contribution < -0.4 is 0 Å². The van der Waals surface area contributed by atoms with Crippen LogP contribution in [0, 0.1) is 0 Å². The molecule has 0 N–H and O–H groups in total. The third-order valence-electron chi connectivity index (χ3n) is 8.30. The molecular weight excluding hydrogens is 513 g/mol. The number of fused-ring (bicyclic) bond motifs is 9. The van der Waals surface area contributed by atoms with Crippen LogP contribution in [0.25, 0.3) is 85.5 Å². The Balaban J connectivity index is 1.32. The first-order chi connectivity index (χ1) is 22.0. The van der Waals surface area contributed by atoms with E-state index in [1.54, 1.807) is 11.3 Å². The molecule has 9 aromatic rings. The molecule has 9 rings (SSSR count). The SMILES string of the molecule is [2H]c1c([2H])c(-c2c3ccccc3cc3c2ccc2ccccc23)c([2H])c([2H])c1-c1ccc2sc3c4ccccc4ccc3c2c1. The van der Waals surface area contributed by atoms with Crippen molar-refractivity contribution in [3.63, 3.8) is 0 Å². The molecule has 190 valence electrons. The third kappa shape index (κ3) is 3.46. The molecule has 0 unspecified atom stereocenters. The van der Waals surface area contributed by atoms with Crippen molar-refractivity contribution in [1.29, 1.82) is 0 Å². The highest BCUT2D eigenvalue weighted by Gasteiger charge is 2.13. The van der Waals surface area contributed by atoms with Crippen molar-refractivity contribution in [3.05, 3.63) is 145 Å². The Kier molecular flexibility index (Phi) is 4.09. The molecule has 1 heterocycles. The predicted molar refractivity (Wildman–Crippen MR) is 180 cm³/mol. The minimum absolute atomic E-state index is 0.0296. The maximum Gasteiger partial charge on any atom is 0.0629 e. The van der Waals surface area contributed by atoms with Crippen LogP contribution in [0.4, 0.5) is 0 Å². The van der Waals surface area contributed by atoms with E-state index in [1.807, 2.05) is 48.5 Å². The van der Waals surface area contributed by atoms with E-state index in [-0.39, 0.29) is 24.2 Å². The largest absolute Gasteiger partial charge is 0.135 e. The number of thiophene rings is 1. The predicted octanol–water partition coefficient (Wildman–Crippen LogP) is 12.0. The molecule has 0 saturated heterocycles. The van der Waals surface area contributed by atoms with E-state index in [2.05, 4.69) is 72.8 Å². The first-order valence-electron chi connectivity index (χ1n) is 15.8. The van der Waals surface area contributed by atoms with E-state index in [4.69, 9.17) is 0 Å². The molecule has 0 saturated carbocycles. The number of benzene rings is 8. The zero-order chi connectivity index (χ0) is 30.4. The lowest BCUT2D eigenvalue weighted by Crippen LogP contribution is -1.87. The summed E-state index contributed by atoms with van der Waals surface area (Å²) in [6.07, 6.45) is 0. The van der Waals surface area contributed by atoms with Crippen molar-refractivity contribution in [1.82, 2.24) is 0 Å². The van der Waals surface area contributed by atoms with Gasteiger partial charge in [-0.1, -0.05) is 127 Å². The van der Waals surface area contributed by atoms with Gasteiger partial charge in [-0.2, -0.15) is 0 Å². The van der Waals surface area contributed by atoms with Crippen LogP contribution >= 0.6 is 11.3 Å². The van der Waals surface area contributed by atoms with Crippen LogP contribution in [-0.2, 0) is 0 Å². The Labute approximate surface area is 247 Å². The molecule has 0 atom stereocenters. The fraction of sp³-hybridized carbons (Fsp3) is 0. The second-order valence-electron chi connectivity index (χ2n) is 10.6. The zero-order valence-corrected chi connectivity index (χ0v) is 22.8. The van der Waals surface area contributed by atoms with Gasteiger partial charge >= 0.3 is 0 Å². The monoisotopic (exact) mass is 540 g/mol. The number of hydrogen-bond acceptors (Lipinski definition) is 1. The fourth-order valence-electron chi connectivity index (χ4n) is 6.33. The van der Waals surface area contributed by atoms with Crippen molar-refractivity contribution < 1.29 is 5.48 Å². The smallest absolute Gasteiger partial charge is 0.0629 e. The van der Waals surface area contributed by atoms with Gasteiger partial charge in [0.25, 0.3) is 0 Å². The van der Waals surface area contributed by atoms with Gasteiger partial charge in [-0.15, -0.1) is 11.3 Å². The molecule has 0 fully saturated rings. The summed E-state index contributed by atoms with van der Waals surface area (Å²) < 4.78 is 39.5. The molecule has 1 aromatic heterocycles. The molecule has 1 heteroatoms. The van der Waals surface area contributed by atoms with Crippen molar-refractivity contribution in [2.24, 2.45) is 0 Å². The van der Waals surface area contributed by atoms with Gasteiger partial charge in [0.15, 0.2) is 0 Å². The van der Waals surface area contributed by atoms with Crippen LogP contribution in [0.3, 0.4) is 0 Å². The lowest BCUT2D eigenvalue weighted by Gasteiger charge is -2.14. The van der Waals surface area contributed by atoms with Gasteiger partial charge in [0.2, 0.25) is 0 Å². The highest BCUT2D eigenvalue weighted by Crippen LogP contribution is 2.42. The molecule has 0 amide bonds. The summed E-state index contributed by atoms with van der Waals surface area (Å²) in [5.41, 5.74) is 2.08. The molecule has 0 radical (unpaired) electrons. The highest BCUT2D eigenvalue weighted by atomic mass is 32.1. The second kappa shape index (κ2) is 8.76. The number of rotatable bonds is 2. The maximum absolute atomic E-state index is 9.34. The van der Waals surface area contributed by atoms with Gasteiger partial charge in [0.05, 0.1) is 5.48 Å². The molecular formula is C40H24S. The maximum atomic E-state index is 9.34. The van der Waals surface area contributed by atoms with Crippen molar-refractivity contribution in [3.8, 4) is 22.3 Å². The molecule has 0 bridgehead atoms. The van der Waals surface area contributed by atoms with E-state index in [9.17, 15) is 5.48 Å². The summed E-state index contributed by atoms with van der Waals surface area (Å²) in [4.78, 5) is 0. The third-order valence-corrected chi connectivity index (χ3v) is 9.51. The average Bonchev–Trinajstić information content (AvgIpc) is 3.46. The highest BCUT2D eigenvalue weighted by molar-refractivity contribution is 7.26. The lowest BCUT2D eigenvalue weighted by atomic mass is 9.89. The van der Waals surface area contributed by atoms with Gasteiger partial charge < -0.3 is 0 Å². The van der Waals surface area contributed by atoms with Gasteiger partial charge in [0, 0.05) is 20.2 Å². The van der Waals surface area contributed by atoms with Gasteiger partial charge in [-0.05, 0) is 83.5 Å². The molecule has 0 aliphatic heterocycles. The number of hydrogen-bond donors (Lipinski definition) is 0. The summed E-state index contributed by atoms with van der Waals surface area (Å²) in [5, 5.41) is 10.7. The Morgan fingerprint density at radius 2 is 1.02 bits per heavy atom. The van der Waals surface area contributed by atoms with E-state index < -0.39 is 0 Å². The van der Waals surface area contributed by atoms with Gasteiger partial charge in [-0.25, -0.2) is 0 Å². The standard InChI is InChI=1S/C40H24S/c1-4-10-31-26(7-1)17-20-34-36(31)24-30-9-3-5-11-32(30)39(34)28-15-13-25(14-16-28)29-19-22-38-37(23-29)35-21-18-27-8-2-6-12-33(27)40(35)41-38/h1-24H/i13D,14D,15D,16D. The average molecular weight is 541 g/mol. The van der Waals surface area contributed by atoms with E-state index >= 15 is 0 Å². The van der Waals surface area contributed by atoms with Gasteiger partial charge in [-0.3, -0.25) is 0 Å². The Morgan fingerprint density at radius 3 is 1.83 bits per heavy atom. The Morgan fingerprint density at radius 1 is 0.390 bits per heavy atom. The summed E-state index contributed by atoms with van der Waals surface area (Å²) in [6, 6.07) is 41.1. The molecule has 41 heavy (non-hydrogen) atoms. The lowest BCUT2D eigenvalue weighted by molar-refractivity contribution is 1.64. The molecule has 0 aliphatic rings.